The van der Waals surface area contributed by atoms with Crippen LogP contribution in [0.4, 0.5) is 0 Å². The van der Waals surface area contributed by atoms with Crippen molar-refractivity contribution >= 4 is 17.9 Å². The maximum atomic E-state index is 12.8. The molecule has 0 saturated carbocycles. The number of esters is 3. The Bertz CT molecular complexity index is 976. The summed E-state index contributed by atoms with van der Waals surface area (Å²) in [4.78, 5) is 38.1. The number of hydrogen-bond donors (Lipinski definition) is 0. The van der Waals surface area contributed by atoms with E-state index in [1.54, 1.807) is 0 Å². The van der Waals surface area contributed by atoms with Gasteiger partial charge in [-0.3, -0.25) is 14.4 Å². The van der Waals surface area contributed by atoms with Crippen LogP contribution in [0.3, 0.4) is 0 Å². The van der Waals surface area contributed by atoms with Crippen molar-refractivity contribution in [1.82, 2.24) is 0 Å². The molecule has 1 atom stereocenters. The van der Waals surface area contributed by atoms with E-state index >= 15 is 0 Å². The fraction of sp³-hybridized carbons (Fsp3) is 0.947. The minimum Gasteiger partial charge on any atom is -0.462 e. The number of carbonyl (C=O) groups excluding carboxylic acids is 3. The minimum absolute atomic E-state index is 0.0639. The van der Waals surface area contributed by atoms with Gasteiger partial charge in [0, 0.05) is 19.3 Å². The van der Waals surface area contributed by atoms with E-state index in [9.17, 15) is 14.4 Å². The molecule has 374 valence electrons. The van der Waals surface area contributed by atoms with Crippen LogP contribution in [0.25, 0.3) is 0 Å². The predicted octanol–water partition coefficient (Wildman–Crippen LogP) is 18.3. The van der Waals surface area contributed by atoms with Gasteiger partial charge >= 0.3 is 17.9 Å². The van der Waals surface area contributed by atoms with Crippen LogP contribution in [0, 0.1) is 17.8 Å². The van der Waals surface area contributed by atoms with Gasteiger partial charge in [-0.25, -0.2) is 0 Å². The second-order valence-electron chi connectivity index (χ2n) is 21.0. The molecule has 63 heavy (non-hydrogen) atoms. The largest absolute Gasteiger partial charge is 0.462 e. The second kappa shape index (κ2) is 48.3. The van der Waals surface area contributed by atoms with E-state index in [1.165, 1.54) is 193 Å². The third kappa shape index (κ3) is 51.3. The summed E-state index contributed by atoms with van der Waals surface area (Å²) in [5.74, 6) is 1.65. The van der Waals surface area contributed by atoms with Gasteiger partial charge in [0.1, 0.15) is 13.2 Å². The maximum absolute atomic E-state index is 12.8. The molecule has 0 fully saturated rings. The Kier molecular flexibility index (Phi) is 47.1. The van der Waals surface area contributed by atoms with Crippen molar-refractivity contribution in [3.8, 4) is 0 Å². The summed E-state index contributed by atoms with van der Waals surface area (Å²) in [7, 11) is 0. The first kappa shape index (κ1) is 61.4. The van der Waals surface area contributed by atoms with Crippen LogP contribution in [0.2, 0.25) is 0 Å². The molecule has 6 nitrogen and oxygen atoms in total. The average molecular weight is 892 g/mol. The van der Waals surface area contributed by atoms with E-state index in [-0.39, 0.29) is 31.1 Å². The molecule has 0 aromatic rings. The molecule has 0 radical (unpaired) electrons. The van der Waals surface area contributed by atoms with Crippen molar-refractivity contribution in [3.05, 3.63) is 0 Å². The first-order chi connectivity index (χ1) is 30.6. The van der Waals surface area contributed by atoms with Gasteiger partial charge in [0.15, 0.2) is 6.10 Å². The fourth-order valence-corrected chi connectivity index (χ4v) is 8.65. The van der Waals surface area contributed by atoms with Gasteiger partial charge in [0.05, 0.1) is 0 Å². The number of unbranched alkanes of at least 4 members (excludes halogenated alkanes) is 33. The molecule has 0 aliphatic heterocycles. The highest BCUT2D eigenvalue weighted by atomic mass is 16.6. The van der Waals surface area contributed by atoms with Crippen LogP contribution < -0.4 is 0 Å². The average Bonchev–Trinajstić information content (AvgIpc) is 3.24. The van der Waals surface area contributed by atoms with Crippen LogP contribution in [0.1, 0.15) is 311 Å². The van der Waals surface area contributed by atoms with Crippen LogP contribution >= 0.6 is 0 Å². The Labute approximate surface area is 393 Å². The Morgan fingerprint density at radius 3 is 0.683 bits per heavy atom. The van der Waals surface area contributed by atoms with Gasteiger partial charge in [0.2, 0.25) is 0 Å². The van der Waals surface area contributed by atoms with Crippen molar-refractivity contribution in [2.75, 3.05) is 13.2 Å². The summed E-state index contributed by atoms with van der Waals surface area (Å²) in [6.07, 6.45) is 49.5. The molecule has 0 unspecified atom stereocenters. The van der Waals surface area contributed by atoms with E-state index in [0.29, 0.717) is 19.3 Å². The van der Waals surface area contributed by atoms with E-state index in [0.717, 1.165) is 75.5 Å². The molecule has 0 bridgehead atoms. The lowest BCUT2D eigenvalue weighted by Crippen LogP contribution is -2.30. The highest BCUT2D eigenvalue weighted by Gasteiger charge is 2.19. The Morgan fingerprint density at radius 2 is 0.460 bits per heavy atom. The van der Waals surface area contributed by atoms with Crippen LogP contribution in [0.5, 0.6) is 0 Å². The molecule has 0 aromatic heterocycles. The number of carbonyl (C=O) groups is 3. The number of hydrogen-bond acceptors (Lipinski definition) is 6. The molecular weight excluding hydrogens is 781 g/mol. The van der Waals surface area contributed by atoms with E-state index < -0.39 is 6.10 Å². The molecular formula is C57H110O6. The summed E-state index contributed by atoms with van der Waals surface area (Å²) < 4.78 is 16.9. The second-order valence-corrected chi connectivity index (χ2v) is 21.0. The molecule has 0 aliphatic rings. The summed E-state index contributed by atoms with van der Waals surface area (Å²) in [6, 6.07) is 0. The lowest BCUT2D eigenvalue weighted by molar-refractivity contribution is -0.167. The SMILES string of the molecule is CC(C)CCCCCCCCCCCCCCCCC(=O)OC[C@H](COC(=O)CCCCCCCCCCCCCCC(C)C)OC(=O)CCCCCCCCCCCCC(C)C. The lowest BCUT2D eigenvalue weighted by Gasteiger charge is -2.18. The van der Waals surface area contributed by atoms with Crippen molar-refractivity contribution in [2.24, 2.45) is 17.8 Å². The van der Waals surface area contributed by atoms with Crippen LogP contribution in [-0.2, 0) is 28.6 Å². The van der Waals surface area contributed by atoms with Crippen molar-refractivity contribution in [2.45, 2.75) is 317 Å². The standard InChI is InChI=1S/C57H110O6/c1-51(2)43-37-31-25-19-13-9-7-8-10-15-22-28-34-40-46-55(58)61-49-54(63-57(60)48-42-36-30-24-18-17-21-27-33-39-45-53(5)6)50-62-56(59)47-41-35-29-23-16-12-11-14-20-26-32-38-44-52(3)4/h51-54H,7-50H2,1-6H3/t54-/m1/s1. The Balaban J connectivity index is 4.30. The number of rotatable bonds is 50. The molecule has 0 aliphatic carbocycles. The third-order valence-electron chi connectivity index (χ3n) is 12.9. The molecule has 0 N–H and O–H groups in total. The summed E-state index contributed by atoms with van der Waals surface area (Å²) in [5, 5.41) is 0. The highest BCUT2D eigenvalue weighted by molar-refractivity contribution is 5.71. The van der Waals surface area contributed by atoms with Gasteiger partial charge in [0.25, 0.3) is 0 Å². The first-order valence-corrected chi connectivity index (χ1v) is 28.1. The van der Waals surface area contributed by atoms with Gasteiger partial charge < -0.3 is 14.2 Å². The Hall–Kier alpha value is -1.59. The summed E-state index contributed by atoms with van der Waals surface area (Å²) >= 11 is 0. The molecule has 0 spiro atoms. The lowest BCUT2D eigenvalue weighted by atomic mass is 10.0. The maximum Gasteiger partial charge on any atom is 0.306 e. The monoisotopic (exact) mass is 891 g/mol. The zero-order valence-electron chi connectivity index (χ0n) is 43.4. The summed E-state index contributed by atoms with van der Waals surface area (Å²) in [5.41, 5.74) is 0. The quantitative estimate of drug-likeness (QED) is 0.0344. The van der Waals surface area contributed by atoms with Crippen molar-refractivity contribution in [3.63, 3.8) is 0 Å². The van der Waals surface area contributed by atoms with Gasteiger partial charge in [-0.1, -0.05) is 273 Å². The summed E-state index contributed by atoms with van der Waals surface area (Å²) in [6.45, 7) is 13.7. The van der Waals surface area contributed by atoms with E-state index in [1.807, 2.05) is 0 Å². The first-order valence-electron chi connectivity index (χ1n) is 28.1. The molecule has 0 heterocycles. The number of ether oxygens (including phenoxy) is 3. The molecule has 6 heteroatoms. The van der Waals surface area contributed by atoms with Crippen molar-refractivity contribution in [1.29, 1.82) is 0 Å². The highest BCUT2D eigenvalue weighted by Crippen LogP contribution is 2.18. The molecule has 0 saturated heterocycles. The van der Waals surface area contributed by atoms with Crippen LogP contribution in [0.15, 0.2) is 0 Å². The fourth-order valence-electron chi connectivity index (χ4n) is 8.65. The normalized spacial score (nSPS) is 12.1. The molecule has 0 rings (SSSR count). The van der Waals surface area contributed by atoms with Crippen LogP contribution in [-0.4, -0.2) is 37.2 Å². The topological polar surface area (TPSA) is 78.9 Å². The predicted molar refractivity (Wildman–Crippen MR) is 270 cm³/mol. The zero-order chi connectivity index (χ0) is 46.3. The van der Waals surface area contributed by atoms with Gasteiger partial charge in [-0.05, 0) is 37.0 Å². The third-order valence-corrected chi connectivity index (χ3v) is 12.9. The zero-order valence-corrected chi connectivity index (χ0v) is 43.4. The van der Waals surface area contributed by atoms with E-state index in [4.69, 9.17) is 14.2 Å². The minimum atomic E-state index is -0.763. The van der Waals surface area contributed by atoms with Crippen molar-refractivity contribution < 1.29 is 28.6 Å². The smallest absolute Gasteiger partial charge is 0.306 e. The molecule has 0 amide bonds. The molecule has 0 aromatic carbocycles. The van der Waals surface area contributed by atoms with E-state index in [2.05, 4.69) is 41.5 Å². The van der Waals surface area contributed by atoms with Gasteiger partial charge in [-0.2, -0.15) is 0 Å². The van der Waals surface area contributed by atoms with Gasteiger partial charge in [-0.15, -0.1) is 0 Å². The Morgan fingerprint density at radius 1 is 0.270 bits per heavy atom.